The van der Waals surface area contributed by atoms with Crippen molar-refractivity contribution in [3.63, 3.8) is 0 Å². The largest absolute Gasteiger partial charge is 0.299 e. The molecule has 0 bridgehead atoms. The highest BCUT2D eigenvalue weighted by Gasteiger charge is 2.09. The van der Waals surface area contributed by atoms with Crippen LogP contribution in [0, 0.1) is 0 Å². The fourth-order valence-electron chi connectivity index (χ4n) is 1.87. The molecule has 84 valence electrons. The zero-order valence-electron chi connectivity index (χ0n) is 10.1. The van der Waals surface area contributed by atoms with Crippen molar-refractivity contribution in [3.8, 4) is 0 Å². The lowest BCUT2D eigenvalue weighted by atomic mass is 10.1. The van der Waals surface area contributed by atoms with Gasteiger partial charge >= 0.3 is 0 Å². The Kier molecular flexibility index (Phi) is 5.41. The van der Waals surface area contributed by atoms with Crippen LogP contribution in [0.2, 0.25) is 0 Å². The third-order valence-corrected chi connectivity index (χ3v) is 2.81. The lowest BCUT2D eigenvalue weighted by molar-refractivity contribution is 0.248. The first-order chi connectivity index (χ1) is 7.22. The molecule has 0 amide bonds. The summed E-state index contributed by atoms with van der Waals surface area (Å²) in [6.07, 6.45) is 10.6. The molecule has 0 radical (unpaired) electrons. The first-order valence-corrected chi connectivity index (χ1v) is 5.93. The van der Waals surface area contributed by atoms with Gasteiger partial charge in [0.15, 0.2) is 0 Å². The van der Waals surface area contributed by atoms with E-state index < -0.39 is 0 Å². The first-order valence-electron chi connectivity index (χ1n) is 5.93. The smallest absolute Gasteiger partial charge is 0.0230 e. The van der Waals surface area contributed by atoms with Crippen molar-refractivity contribution in [1.29, 1.82) is 0 Å². The van der Waals surface area contributed by atoms with Gasteiger partial charge in [0, 0.05) is 6.54 Å². The van der Waals surface area contributed by atoms with E-state index in [0.717, 1.165) is 12.1 Å². The molecule has 0 unspecified atom stereocenters. The van der Waals surface area contributed by atoms with Crippen molar-refractivity contribution in [2.45, 2.75) is 33.1 Å². The van der Waals surface area contributed by atoms with E-state index in [-0.39, 0.29) is 0 Å². The minimum Gasteiger partial charge on any atom is -0.299 e. The van der Waals surface area contributed by atoms with Crippen LogP contribution in [0.25, 0.3) is 0 Å². The monoisotopic (exact) mass is 205 g/mol. The molecule has 0 atom stereocenters. The Balaban J connectivity index is 2.42. The average molecular weight is 205 g/mol. The highest BCUT2D eigenvalue weighted by atomic mass is 15.1. The Hall–Kier alpha value is -0.820. The van der Waals surface area contributed by atoms with E-state index in [4.69, 9.17) is 0 Å². The van der Waals surface area contributed by atoms with Gasteiger partial charge in [-0.25, -0.2) is 0 Å². The summed E-state index contributed by atoms with van der Waals surface area (Å²) in [4.78, 5) is 2.54. The quantitative estimate of drug-likeness (QED) is 0.634. The summed E-state index contributed by atoms with van der Waals surface area (Å²) in [6.45, 7) is 11.6. The van der Waals surface area contributed by atoms with Gasteiger partial charge in [0.1, 0.15) is 0 Å². The van der Waals surface area contributed by atoms with Crippen LogP contribution in [0.5, 0.6) is 0 Å². The average Bonchev–Trinajstić information content (AvgIpc) is 2.25. The summed E-state index contributed by atoms with van der Waals surface area (Å²) >= 11 is 0. The molecule has 1 fully saturated rings. The second kappa shape index (κ2) is 6.62. The summed E-state index contributed by atoms with van der Waals surface area (Å²) in [5, 5.41) is 0. The van der Waals surface area contributed by atoms with Crippen molar-refractivity contribution >= 4 is 0 Å². The maximum atomic E-state index is 3.88. The second-order valence-electron chi connectivity index (χ2n) is 4.38. The first kappa shape index (κ1) is 12.3. The van der Waals surface area contributed by atoms with Crippen molar-refractivity contribution in [3.05, 3.63) is 36.0 Å². The normalized spacial score (nSPS) is 19.7. The predicted molar refractivity (Wildman–Crippen MR) is 68.0 cm³/mol. The van der Waals surface area contributed by atoms with E-state index >= 15 is 0 Å². The molecular weight excluding hydrogens is 182 g/mol. The Morgan fingerprint density at radius 3 is 2.40 bits per heavy atom. The van der Waals surface area contributed by atoms with Crippen LogP contribution in [-0.4, -0.2) is 24.5 Å². The minimum atomic E-state index is 1.10. The van der Waals surface area contributed by atoms with Gasteiger partial charge in [0.05, 0.1) is 0 Å². The van der Waals surface area contributed by atoms with E-state index in [1.54, 1.807) is 0 Å². The van der Waals surface area contributed by atoms with Crippen LogP contribution < -0.4 is 0 Å². The fraction of sp³-hybridized carbons (Fsp3) is 0.571. The molecular formula is C14H23N. The molecule has 0 saturated carbocycles. The zero-order valence-corrected chi connectivity index (χ0v) is 10.1. The van der Waals surface area contributed by atoms with Crippen LogP contribution in [-0.2, 0) is 0 Å². The summed E-state index contributed by atoms with van der Waals surface area (Å²) < 4.78 is 0. The molecule has 15 heavy (non-hydrogen) atoms. The van der Waals surface area contributed by atoms with E-state index in [1.165, 1.54) is 37.9 Å². The molecule has 0 aromatic heterocycles. The molecule has 1 heteroatoms. The maximum Gasteiger partial charge on any atom is 0.0230 e. The Morgan fingerprint density at radius 1 is 1.20 bits per heavy atom. The van der Waals surface area contributed by atoms with Crippen LogP contribution in [0.4, 0.5) is 0 Å². The molecule has 1 saturated heterocycles. The lowest BCUT2D eigenvalue weighted by Crippen LogP contribution is -2.31. The van der Waals surface area contributed by atoms with Crippen molar-refractivity contribution < 1.29 is 0 Å². The Labute approximate surface area is 94.2 Å². The van der Waals surface area contributed by atoms with Gasteiger partial charge in [0.25, 0.3) is 0 Å². The van der Waals surface area contributed by atoms with Gasteiger partial charge in [-0.05, 0) is 45.4 Å². The van der Waals surface area contributed by atoms with Gasteiger partial charge in [-0.15, -0.1) is 0 Å². The zero-order chi connectivity index (χ0) is 11.1. The van der Waals surface area contributed by atoms with Crippen molar-refractivity contribution in [2.75, 3.05) is 19.6 Å². The standard InChI is InChI=1S/C14H23N/c1-4-14(9-8-13(2)3)12-15-10-6-5-7-11-15/h4,8-9H,2,5-7,10-12H2,1,3H3/b9-8-,14-4?. The van der Waals surface area contributed by atoms with Crippen LogP contribution in [0.1, 0.15) is 33.1 Å². The molecule has 1 aliphatic rings. The number of rotatable bonds is 4. The molecule has 1 nitrogen and oxygen atoms in total. The summed E-state index contributed by atoms with van der Waals surface area (Å²) in [6, 6.07) is 0. The number of allylic oxidation sites excluding steroid dienone is 3. The molecule has 0 spiro atoms. The second-order valence-corrected chi connectivity index (χ2v) is 4.38. The molecule has 0 aromatic rings. The third-order valence-electron chi connectivity index (χ3n) is 2.81. The lowest BCUT2D eigenvalue weighted by Gasteiger charge is -2.26. The number of piperidine rings is 1. The molecule has 1 heterocycles. The number of hydrogen-bond acceptors (Lipinski definition) is 1. The van der Waals surface area contributed by atoms with Crippen LogP contribution >= 0.6 is 0 Å². The van der Waals surface area contributed by atoms with Gasteiger partial charge < -0.3 is 0 Å². The maximum absolute atomic E-state index is 3.88. The summed E-state index contributed by atoms with van der Waals surface area (Å²) in [7, 11) is 0. The highest BCUT2D eigenvalue weighted by Crippen LogP contribution is 2.11. The molecule has 0 aromatic carbocycles. The summed E-state index contributed by atoms with van der Waals surface area (Å²) in [5.41, 5.74) is 2.52. The van der Waals surface area contributed by atoms with E-state index in [9.17, 15) is 0 Å². The van der Waals surface area contributed by atoms with E-state index in [1.807, 2.05) is 6.92 Å². The molecule has 1 aliphatic heterocycles. The fourth-order valence-corrected chi connectivity index (χ4v) is 1.87. The summed E-state index contributed by atoms with van der Waals surface area (Å²) in [5.74, 6) is 0. The van der Waals surface area contributed by atoms with Crippen LogP contribution in [0.3, 0.4) is 0 Å². The van der Waals surface area contributed by atoms with E-state index in [2.05, 4.69) is 36.6 Å². The van der Waals surface area contributed by atoms with E-state index in [0.29, 0.717) is 0 Å². The molecule has 0 N–H and O–H groups in total. The van der Waals surface area contributed by atoms with Gasteiger partial charge in [-0.1, -0.05) is 36.8 Å². The number of likely N-dealkylation sites (tertiary alicyclic amines) is 1. The van der Waals surface area contributed by atoms with Gasteiger partial charge in [-0.2, -0.15) is 0 Å². The SMILES string of the molecule is C=C(C)/C=C\C(=CC)CN1CCCCC1. The van der Waals surface area contributed by atoms with Crippen molar-refractivity contribution in [1.82, 2.24) is 4.90 Å². The van der Waals surface area contributed by atoms with Crippen molar-refractivity contribution in [2.24, 2.45) is 0 Å². The number of nitrogens with zero attached hydrogens (tertiary/aromatic N) is 1. The Morgan fingerprint density at radius 2 is 1.87 bits per heavy atom. The Bertz CT molecular complexity index is 255. The topological polar surface area (TPSA) is 3.24 Å². The minimum absolute atomic E-state index is 1.10. The van der Waals surface area contributed by atoms with Gasteiger partial charge in [0.2, 0.25) is 0 Å². The van der Waals surface area contributed by atoms with Gasteiger partial charge in [-0.3, -0.25) is 4.90 Å². The molecule has 1 rings (SSSR count). The highest BCUT2D eigenvalue weighted by molar-refractivity contribution is 5.25. The third kappa shape index (κ3) is 4.98. The predicted octanol–water partition coefficient (Wildman–Crippen LogP) is 3.55. The molecule has 0 aliphatic carbocycles. The van der Waals surface area contributed by atoms with Crippen LogP contribution in [0.15, 0.2) is 36.0 Å². The number of hydrogen-bond donors (Lipinski definition) is 0.